The maximum atomic E-state index is 5.23. The largest absolute Gasteiger partial charge is 0.497 e. The van der Waals surface area contributed by atoms with Gasteiger partial charge in [-0.15, -0.1) is 24.8 Å². The van der Waals surface area contributed by atoms with E-state index in [2.05, 4.69) is 29.7 Å². The van der Waals surface area contributed by atoms with Crippen LogP contribution in [0.15, 0.2) is 24.3 Å². The zero-order valence-corrected chi connectivity index (χ0v) is 12.4. The fourth-order valence-corrected chi connectivity index (χ4v) is 2.16. The molecule has 1 saturated heterocycles. The first-order valence-electron chi connectivity index (χ1n) is 5.90. The lowest BCUT2D eigenvalue weighted by Crippen LogP contribution is -2.33. The highest BCUT2D eigenvalue weighted by molar-refractivity contribution is 5.85. The summed E-state index contributed by atoms with van der Waals surface area (Å²) in [4.78, 5) is 0. The van der Waals surface area contributed by atoms with E-state index in [9.17, 15) is 0 Å². The van der Waals surface area contributed by atoms with Crippen molar-refractivity contribution >= 4 is 24.8 Å². The van der Waals surface area contributed by atoms with Crippen LogP contribution in [-0.2, 0) is 0 Å². The summed E-state index contributed by atoms with van der Waals surface area (Å²) in [5, 5.41) is 6.99. The Morgan fingerprint density at radius 3 is 2.78 bits per heavy atom. The van der Waals surface area contributed by atoms with Crippen molar-refractivity contribution in [3.05, 3.63) is 29.8 Å². The normalized spacial score (nSPS) is 19.6. The molecule has 2 atom stereocenters. The number of hydrogen-bond acceptors (Lipinski definition) is 3. The van der Waals surface area contributed by atoms with Crippen LogP contribution in [0.2, 0.25) is 0 Å². The van der Waals surface area contributed by atoms with Crippen LogP contribution in [0.1, 0.15) is 24.9 Å². The minimum atomic E-state index is 0. The Kier molecular flexibility index (Phi) is 8.36. The smallest absolute Gasteiger partial charge is 0.119 e. The maximum absolute atomic E-state index is 5.23. The van der Waals surface area contributed by atoms with Gasteiger partial charge in [0, 0.05) is 18.6 Å². The molecule has 1 aliphatic heterocycles. The highest BCUT2D eigenvalue weighted by Crippen LogP contribution is 2.19. The minimum Gasteiger partial charge on any atom is -0.497 e. The summed E-state index contributed by atoms with van der Waals surface area (Å²) in [6.07, 6.45) is 1.22. The van der Waals surface area contributed by atoms with Gasteiger partial charge < -0.3 is 15.4 Å². The lowest BCUT2D eigenvalue weighted by atomic mass is 10.1. The SMILES string of the molecule is COc1cccc([C@@H](C)NC2CCNC2)c1.Cl.Cl. The second-order valence-corrected chi connectivity index (χ2v) is 4.35. The predicted molar refractivity (Wildman–Crippen MR) is 80.3 cm³/mol. The molecule has 1 aromatic carbocycles. The first kappa shape index (κ1) is 17.5. The quantitative estimate of drug-likeness (QED) is 0.895. The van der Waals surface area contributed by atoms with E-state index in [1.165, 1.54) is 12.0 Å². The Labute approximate surface area is 121 Å². The third-order valence-corrected chi connectivity index (χ3v) is 3.14. The second-order valence-electron chi connectivity index (χ2n) is 4.35. The fraction of sp³-hybridized carbons (Fsp3) is 0.538. The summed E-state index contributed by atoms with van der Waals surface area (Å²) >= 11 is 0. The number of halogens is 2. The number of benzene rings is 1. The molecule has 2 rings (SSSR count). The van der Waals surface area contributed by atoms with E-state index in [0.717, 1.165) is 18.8 Å². The van der Waals surface area contributed by atoms with Gasteiger partial charge in [0.05, 0.1) is 7.11 Å². The van der Waals surface area contributed by atoms with E-state index in [-0.39, 0.29) is 24.8 Å². The molecule has 18 heavy (non-hydrogen) atoms. The van der Waals surface area contributed by atoms with Crippen LogP contribution in [0.3, 0.4) is 0 Å². The molecule has 0 bridgehead atoms. The minimum absolute atomic E-state index is 0. The molecular weight excluding hydrogens is 271 g/mol. The maximum Gasteiger partial charge on any atom is 0.119 e. The summed E-state index contributed by atoms with van der Waals surface area (Å²) in [7, 11) is 1.71. The Hall–Kier alpha value is -0.480. The van der Waals surface area contributed by atoms with Crippen LogP contribution >= 0.6 is 24.8 Å². The molecule has 0 spiro atoms. The van der Waals surface area contributed by atoms with E-state index in [1.54, 1.807) is 7.11 Å². The summed E-state index contributed by atoms with van der Waals surface area (Å²) in [6, 6.07) is 9.23. The molecule has 0 saturated carbocycles. The van der Waals surface area contributed by atoms with Crippen molar-refractivity contribution in [1.29, 1.82) is 0 Å². The molecule has 1 aromatic rings. The molecular formula is C13H22Cl2N2O. The van der Waals surface area contributed by atoms with Crippen molar-refractivity contribution in [2.24, 2.45) is 0 Å². The van der Waals surface area contributed by atoms with Crippen LogP contribution in [0.4, 0.5) is 0 Å². The van der Waals surface area contributed by atoms with Crippen molar-refractivity contribution in [2.45, 2.75) is 25.4 Å². The summed E-state index contributed by atoms with van der Waals surface area (Å²) in [6.45, 7) is 4.41. The van der Waals surface area contributed by atoms with Gasteiger partial charge in [0.15, 0.2) is 0 Å². The Balaban J connectivity index is 0.00000144. The van der Waals surface area contributed by atoms with Gasteiger partial charge in [-0.2, -0.15) is 0 Å². The van der Waals surface area contributed by atoms with E-state index in [1.807, 2.05) is 12.1 Å². The van der Waals surface area contributed by atoms with Gasteiger partial charge >= 0.3 is 0 Å². The van der Waals surface area contributed by atoms with Crippen molar-refractivity contribution in [3.8, 4) is 5.75 Å². The molecule has 0 amide bonds. The standard InChI is InChI=1S/C13H20N2O.2ClH/c1-10(15-12-6-7-14-9-12)11-4-3-5-13(8-11)16-2;;/h3-5,8,10,12,14-15H,6-7,9H2,1-2H3;2*1H/t10-,12?;;/m1../s1. The van der Waals surface area contributed by atoms with Crippen molar-refractivity contribution in [1.82, 2.24) is 10.6 Å². The molecule has 1 heterocycles. The number of nitrogens with one attached hydrogen (secondary N) is 2. The van der Waals surface area contributed by atoms with Gasteiger partial charge in [-0.1, -0.05) is 12.1 Å². The van der Waals surface area contributed by atoms with Crippen LogP contribution in [0.25, 0.3) is 0 Å². The second kappa shape index (κ2) is 8.59. The van der Waals surface area contributed by atoms with Crippen LogP contribution < -0.4 is 15.4 Å². The van der Waals surface area contributed by atoms with Crippen LogP contribution in [-0.4, -0.2) is 26.2 Å². The average Bonchev–Trinajstić information content (AvgIpc) is 2.82. The van der Waals surface area contributed by atoms with Gasteiger partial charge in [0.25, 0.3) is 0 Å². The zero-order chi connectivity index (χ0) is 11.4. The molecule has 0 aliphatic carbocycles. The van der Waals surface area contributed by atoms with Crippen molar-refractivity contribution in [3.63, 3.8) is 0 Å². The number of methoxy groups -OCH3 is 1. The zero-order valence-electron chi connectivity index (χ0n) is 10.8. The highest BCUT2D eigenvalue weighted by atomic mass is 35.5. The summed E-state index contributed by atoms with van der Waals surface area (Å²) in [5.41, 5.74) is 1.28. The molecule has 0 aromatic heterocycles. The average molecular weight is 293 g/mol. The van der Waals surface area contributed by atoms with Crippen LogP contribution in [0.5, 0.6) is 5.75 Å². The highest BCUT2D eigenvalue weighted by Gasteiger charge is 2.17. The molecule has 3 nitrogen and oxygen atoms in total. The first-order chi connectivity index (χ1) is 7.79. The number of rotatable bonds is 4. The third kappa shape index (κ3) is 4.65. The van der Waals surface area contributed by atoms with Gasteiger partial charge in [0.2, 0.25) is 0 Å². The molecule has 104 valence electrons. The molecule has 1 fully saturated rings. The van der Waals surface area contributed by atoms with Gasteiger partial charge in [0.1, 0.15) is 5.75 Å². The van der Waals surface area contributed by atoms with Gasteiger partial charge in [-0.05, 0) is 37.6 Å². The van der Waals surface area contributed by atoms with Crippen molar-refractivity contribution in [2.75, 3.05) is 20.2 Å². The fourth-order valence-electron chi connectivity index (χ4n) is 2.16. The summed E-state index contributed by atoms with van der Waals surface area (Å²) in [5.74, 6) is 0.927. The number of hydrogen-bond donors (Lipinski definition) is 2. The van der Waals surface area contributed by atoms with E-state index in [4.69, 9.17) is 4.74 Å². The van der Waals surface area contributed by atoms with Crippen LogP contribution in [0, 0.1) is 0 Å². The van der Waals surface area contributed by atoms with Gasteiger partial charge in [-0.25, -0.2) is 0 Å². The first-order valence-corrected chi connectivity index (χ1v) is 5.90. The molecule has 2 N–H and O–H groups in total. The van der Waals surface area contributed by atoms with Crippen molar-refractivity contribution < 1.29 is 4.74 Å². The topological polar surface area (TPSA) is 33.3 Å². The Morgan fingerprint density at radius 1 is 1.39 bits per heavy atom. The lowest BCUT2D eigenvalue weighted by Gasteiger charge is -2.19. The van der Waals surface area contributed by atoms with E-state index < -0.39 is 0 Å². The van der Waals surface area contributed by atoms with Gasteiger partial charge in [-0.3, -0.25) is 0 Å². The molecule has 1 aliphatic rings. The van der Waals surface area contributed by atoms with E-state index >= 15 is 0 Å². The molecule has 1 unspecified atom stereocenters. The predicted octanol–water partition coefficient (Wildman–Crippen LogP) is 2.55. The Bertz CT molecular complexity index is 344. The molecule has 5 heteroatoms. The Morgan fingerprint density at radius 2 is 2.17 bits per heavy atom. The van der Waals surface area contributed by atoms with E-state index in [0.29, 0.717) is 12.1 Å². The lowest BCUT2D eigenvalue weighted by molar-refractivity contribution is 0.412. The third-order valence-electron chi connectivity index (χ3n) is 3.14. The monoisotopic (exact) mass is 292 g/mol. The number of ether oxygens (including phenoxy) is 1. The summed E-state index contributed by atoms with van der Waals surface area (Å²) < 4.78 is 5.23. The molecule has 0 radical (unpaired) electrons.